The van der Waals surface area contributed by atoms with Crippen LogP contribution >= 0.6 is 11.6 Å². The van der Waals surface area contributed by atoms with Crippen molar-refractivity contribution in [1.82, 2.24) is 14.7 Å². The van der Waals surface area contributed by atoms with Gasteiger partial charge in [0.25, 0.3) is 5.91 Å². The molecule has 0 aliphatic carbocycles. The van der Waals surface area contributed by atoms with Gasteiger partial charge in [0, 0.05) is 32.8 Å². The second-order valence-corrected chi connectivity index (χ2v) is 7.24. The summed E-state index contributed by atoms with van der Waals surface area (Å²) in [7, 11) is 1.82. The number of carbonyl (C=O) groups is 1. The van der Waals surface area contributed by atoms with Crippen molar-refractivity contribution in [2.75, 3.05) is 13.2 Å². The largest absolute Gasteiger partial charge is 0.493 e. The van der Waals surface area contributed by atoms with Crippen LogP contribution in [0.5, 0.6) is 5.75 Å². The molecule has 2 aromatic rings. The fourth-order valence-electron chi connectivity index (χ4n) is 3.54. The van der Waals surface area contributed by atoms with Gasteiger partial charge >= 0.3 is 0 Å². The van der Waals surface area contributed by atoms with Crippen molar-refractivity contribution in [3.8, 4) is 5.75 Å². The summed E-state index contributed by atoms with van der Waals surface area (Å²) in [5, 5.41) is 4.96. The minimum absolute atomic E-state index is 0.000896. The Hall–Kier alpha value is -2.05. The van der Waals surface area contributed by atoms with Crippen LogP contribution in [0, 0.1) is 0 Å². The number of ether oxygens (including phenoxy) is 2. The number of aryl methyl sites for hydroxylation is 1. The summed E-state index contributed by atoms with van der Waals surface area (Å²) in [6.45, 7) is 2.23. The zero-order valence-corrected chi connectivity index (χ0v) is 15.5. The highest BCUT2D eigenvalue weighted by Crippen LogP contribution is 2.27. The lowest BCUT2D eigenvalue weighted by molar-refractivity contribution is -0.142. The summed E-state index contributed by atoms with van der Waals surface area (Å²) in [6, 6.07) is 6.12. The summed E-state index contributed by atoms with van der Waals surface area (Å²) < 4.78 is 12.8. The lowest BCUT2D eigenvalue weighted by atomic mass is 10.1. The van der Waals surface area contributed by atoms with E-state index in [0.717, 1.165) is 37.2 Å². The van der Waals surface area contributed by atoms with Gasteiger partial charge in [0.15, 0.2) is 0 Å². The minimum atomic E-state index is -0.366. The first-order chi connectivity index (χ1) is 12.6. The van der Waals surface area contributed by atoms with E-state index in [1.165, 1.54) is 5.56 Å². The van der Waals surface area contributed by atoms with Crippen LogP contribution in [0.25, 0.3) is 0 Å². The Morgan fingerprint density at radius 2 is 2.27 bits per heavy atom. The third-order valence-corrected chi connectivity index (χ3v) is 5.15. The molecule has 1 saturated heterocycles. The van der Waals surface area contributed by atoms with E-state index in [0.29, 0.717) is 30.4 Å². The molecule has 1 aromatic carbocycles. The molecule has 0 saturated carbocycles. The lowest BCUT2D eigenvalue weighted by Crippen LogP contribution is -2.38. The standard InChI is InChI=1S/C19H22ClN3O3/c1-22-11-15(20)16(21-22)12-23(19(24)18-3-2-7-25-18)10-13-4-5-17-14(9-13)6-8-26-17/h4-5,9,11,18H,2-3,6-8,10,12H2,1H3/t18-/m1/s1. The highest BCUT2D eigenvalue weighted by atomic mass is 35.5. The lowest BCUT2D eigenvalue weighted by Gasteiger charge is -2.25. The SMILES string of the molecule is Cn1cc(Cl)c(CN(Cc2ccc3c(c2)CCO3)C(=O)[C@H]2CCCO2)n1. The van der Waals surface area contributed by atoms with E-state index >= 15 is 0 Å². The number of rotatable bonds is 5. The van der Waals surface area contributed by atoms with Crippen molar-refractivity contribution in [3.63, 3.8) is 0 Å². The molecule has 0 spiro atoms. The van der Waals surface area contributed by atoms with Crippen LogP contribution in [-0.2, 0) is 36.1 Å². The van der Waals surface area contributed by atoms with Gasteiger partial charge in [0.05, 0.1) is 18.2 Å². The van der Waals surface area contributed by atoms with Crippen LogP contribution < -0.4 is 4.74 Å². The molecular weight excluding hydrogens is 354 g/mol. The van der Waals surface area contributed by atoms with Gasteiger partial charge in [-0.3, -0.25) is 9.48 Å². The maximum absolute atomic E-state index is 13.0. The van der Waals surface area contributed by atoms with E-state index in [-0.39, 0.29) is 12.0 Å². The van der Waals surface area contributed by atoms with E-state index < -0.39 is 0 Å². The average molecular weight is 376 g/mol. The van der Waals surface area contributed by atoms with E-state index in [2.05, 4.69) is 11.2 Å². The van der Waals surface area contributed by atoms with Crippen LogP contribution in [0.3, 0.4) is 0 Å². The predicted octanol–water partition coefficient (Wildman–Crippen LogP) is 2.72. The maximum atomic E-state index is 13.0. The van der Waals surface area contributed by atoms with E-state index in [1.54, 1.807) is 15.8 Å². The van der Waals surface area contributed by atoms with Gasteiger partial charge in [-0.2, -0.15) is 5.10 Å². The second kappa shape index (κ2) is 7.29. The zero-order valence-electron chi connectivity index (χ0n) is 14.8. The van der Waals surface area contributed by atoms with Crippen molar-refractivity contribution in [3.05, 3.63) is 46.2 Å². The van der Waals surface area contributed by atoms with Crippen LogP contribution in [0.4, 0.5) is 0 Å². The molecule has 1 aromatic heterocycles. The Labute approximate surface area is 157 Å². The Morgan fingerprint density at radius 3 is 3.00 bits per heavy atom. The summed E-state index contributed by atoms with van der Waals surface area (Å²) in [4.78, 5) is 14.8. The molecule has 0 bridgehead atoms. The van der Waals surface area contributed by atoms with Gasteiger partial charge in [0.2, 0.25) is 0 Å². The van der Waals surface area contributed by atoms with Crippen molar-refractivity contribution in [2.45, 2.75) is 38.5 Å². The number of benzene rings is 1. The smallest absolute Gasteiger partial charge is 0.252 e. The third-order valence-electron chi connectivity index (χ3n) is 4.84. The third kappa shape index (κ3) is 3.57. The van der Waals surface area contributed by atoms with Gasteiger partial charge in [-0.1, -0.05) is 23.7 Å². The Balaban J connectivity index is 1.57. The number of carbonyl (C=O) groups excluding carboxylic acids is 1. The topological polar surface area (TPSA) is 56.6 Å². The van der Waals surface area contributed by atoms with E-state index in [1.807, 2.05) is 19.2 Å². The minimum Gasteiger partial charge on any atom is -0.493 e. The summed E-state index contributed by atoms with van der Waals surface area (Å²) in [5.74, 6) is 0.944. The van der Waals surface area contributed by atoms with Crippen molar-refractivity contribution >= 4 is 17.5 Å². The molecule has 0 N–H and O–H groups in total. The van der Waals surface area contributed by atoms with Gasteiger partial charge in [-0.05, 0) is 30.0 Å². The van der Waals surface area contributed by atoms with Crippen molar-refractivity contribution in [1.29, 1.82) is 0 Å². The monoisotopic (exact) mass is 375 g/mol. The highest BCUT2D eigenvalue weighted by molar-refractivity contribution is 6.31. The Kier molecular flexibility index (Phi) is 4.87. The first kappa shape index (κ1) is 17.4. The van der Waals surface area contributed by atoms with Crippen molar-refractivity contribution < 1.29 is 14.3 Å². The molecule has 6 nitrogen and oxygen atoms in total. The number of hydrogen-bond acceptors (Lipinski definition) is 4. The van der Waals surface area contributed by atoms with Crippen LogP contribution in [-0.4, -0.2) is 39.9 Å². The Morgan fingerprint density at radius 1 is 1.38 bits per heavy atom. The molecule has 2 aliphatic rings. The molecule has 1 amide bonds. The molecule has 2 aliphatic heterocycles. The molecule has 0 radical (unpaired) electrons. The molecule has 26 heavy (non-hydrogen) atoms. The normalized spacial score (nSPS) is 18.6. The molecular formula is C19H22ClN3O3. The summed E-state index contributed by atoms with van der Waals surface area (Å²) >= 11 is 6.26. The number of amides is 1. The molecule has 138 valence electrons. The number of halogens is 1. The molecule has 4 rings (SSSR count). The predicted molar refractivity (Wildman–Crippen MR) is 97.1 cm³/mol. The first-order valence-corrected chi connectivity index (χ1v) is 9.31. The number of aromatic nitrogens is 2. The highest BCUT2D eigenvalue weighted by Gasteiger charge is 2.29. The van der Waals surface area contributed by atoms with Gasteiger partial charge < -0.3 is 14.4 Å². The molecule has 1 atom stereocenters. The van der Waals surface area contributed by atoms with E-state index in [9.17, 15) is 4.79 Å². The average Bonchev–Trinajstić information content (AvgIpc) is 3.35. The summed E-state index contributed by atoms with van der Waals surface area (Å²) in [5.41, 5.74) is 2.97. The maximum Gasteiger partial charge on any atom is 0.252 e. The molecule has 1 fully saturated rings. The fraction of sp³-hybridized carbons (Fsp3) is 0.474. The number of fused-ring (bicyclic) bond motifs is 1. The van der Waals surface area contributed by atoms with Crippen LogP contribution in [0.1, 0.15) is 29.7 Å². The summed E-state index contributed by atoms with van der Waals surface area (Å²) in [6.07, 6.45) is 3.98. The van der Waals surface area contributed by atoms with E-state index in [4.69, 9.17) is 21.1 Å². The zero-order chi connectivity index (χ0) is 18.1. The molecule has 7 heteroatoms. The van der Waals surface area contributed by atoms with Crippen LogP contribution in [0.2, 0.25) is 5.02 Å². The van der Waals surface area contributed by atoms with Gasteiger partial charge in [-0.15, -0.1) is 0 Å². The number of hydrogen-bond donors (Lipinski definition) is 0. The number of nitrogens with zero attached hydrogens (tertiary/aromatic N) is 3. The Bertz CT molecular complexity index is 814. The molecule has 0 unspecified atom stereocenters. The molecule has 3 heterocycles. The quantitative estimate of drug-likeness (QED) is 0.806. The van der Waals surface area contributed by atoms with Gasteiger partial charge in [-0.25, -0.2) is 0 Å². The van der Waals surface area contributed by atoms with Crippen LogP contribution in [0.15, 0.2) is 24.4 Å². The second-order valence-electron chi connectivity index (χ2n) is 6.83. The fourth-order valence-corrected chi connectivity index (χ4v) is 3.78. The van der Waals surface area contributed by atoms with Gasteiger partial charge in [0.1, 0.15) is 17.5 Å². The first-order valence-electron chi connectivity index (χ1n) is 8.93. The van der Waals surface area contributed by atoms with Crippen molar-refractivity contribution in [2.24, 2.45) is 7.05 Å².